The number of carbonyl (C=O) groups is 1. The van der Waals surface area contributed by atoms with E-state index in [1.807, 2.05) is 18.2 Å². The summed E-state index contributed by atoms with van der Waals surface area (Å²) in [5.41, 5.74) is 1.53. The normalized spacial score (nSPS) is 9.76. The molecular weight excluding hydrogens is 334 g/mol. The smallest absolute Gasteiger partial charge is 0.338 e. The van der Waals surface area contributed by atoms with Gasteiger partial charge in [0.2, 0.25) is 0 Å². The van der Waals surface area contributed by atoms with Gasteiger partial charge in [-0.25, -0.2) is 4.79 Å². The first-order valence-corrected chi connectivity index (χ1v) is 6.93. The molecule has 0 N–H and O–H groups in total. The Balaban J connectivity index is 2.11. The molecule has 0 radical (unpaired) electrons. The topological polar surface area (TPSA) is 59.3 Å². The minimum absolute atomic E-state index is 0.0955. The lowest BCUT2D eigenvalue weighted by Crippen LogP contribution is -2.06. The van der Waals surface area contributed by atoms with E-state index in [0.717, 1.165) is 10.0 Å². The Hall–Kier alpha value is -2.32. The van der Waals surface area contributed by atoms with Crippen LogP contribution in [0.5, 0.6) is 5.75 Å². The van der Waals surface area contributed by atoms with E-state index in [1.165, 1.54) is 6.07 Å². The first-order valence-electron chi connectivity index (χ1n) is 6.13. The number of halogens is 1. The molecule has 2 aromatic carbocycles. The molecule has 0 aromatic heterocycles. The van der Waals surface area contributed by atoms with E-state index in [-0.39, 0.29) is 6.61 Å². The van der Waals surface area contributed by atoms with Crippen molar-refractivity contribution in [2.45, 2.75) is 6.61 Å². The van der Waals surface area contributed by atoms with Gasteiger partial charge in [-0.05, 0) is 36.4 Å². The average Bonchev–Trinajstić information content (AvgIpc) is 2.52. The molecule has 106 valence electrons. The maximum Gasteiger partial charge on any atom is 0.338 e. The Labute approximate surface area is 131 Å². The van der Waals surface area contributed by atoms with E-state index in [9.17, 15) is 4.79 Å². The van der Waals surface area contributed by atoms with Gasteiger partial charge < -0.3 is 9.47 Å². The van der Waals surface area contributed by atoms with E-state index >= 15 is 0 Å². The predicted molar refractivity (Wildman–Crippen MR) is 81.0 cm³/mol. The van der Waals surface area contributed by atoms with Crippen molar-refractivity contribution in [1.29, 1.82) is 5.26 Å². The molecule has 0 saturated carbocycles. The average molecular weight is 346 g/mol. The molecule has 0 aliphatic carbocycles. The van der Waals surface area contributed by atoms with Crippen molar-refractivity contribution in [1.82, 2.24) is 0 Å². The molecule has 0 bridgehead atoms. The molecule has 2 aromatic rings. The number of hydrogen-bond acceptors (Lipinski definition) is 4. The van der Waals surface area contributed by atoms with Crippen LogP contribution in [0.1, 0.15) is 21.5 Å². The van der Waals surface area contributed by atoms with Gasteiger partial charge in [-0.1, -0.05) is 22.0 Å². The molecular formula is C16H12BrNO3. The number of carbonyl (C=O) groups excluding carboxylic acids is 1. The summed E-state index contributed by atoms with van der Waals surface area (Å²) < 4.78 is 11.4. The fourth-order valence-electron chi connectivity index (χ4n) is 1.80. The highest BCUT2D eigenvalue weighted by Crippen LogP contribution is 2.24. The van der Waals surface area contributed by atoms with Crippen molar-refractivity contribution in [2.75, 3.05) is 7.11 Å². The number of esters is 1. The van der Waals surface area contributed by atoms with E-state index in [4.69, 9.17) is 14.7 Å². The van der Waals surface area contributed by atoms with E-state index in [0.29, 0.717) is 16.9 Å². The lowest BCUT2D eigenvalue weighted by Gasteiger charge is -2.10. The quantitative estimate of drug-likeness (QED) is 0.793. The van der Waals surface area contributed by atoms with Crippen LogP contribution in [0.2, 0.25) is 0 Å². The Morgan fingerprint density at radius 1 is 1.29 bits per heavy atom. The zero-order valence-corrected chi connectivity index (χ0v) is 12.9. The zero-order chi connectivity index (χ0) is 15.2. The maximum absolute atomic E-state index is 12.0. The van der Waals surface area contributed by atoms with Gasteiger partial charge in [-0.2, -0.15) is 5.26 Å². The van der Waals surface area contributed by atoms with Gasteiger partial charge in [0.25, 0.3) is 0 Å². The second kappa shape index (κ2) is 6.91. The number of rotatable bonds is 4. The molecule has 0 unspecified atom stereocenters. The first kappa shape index (κ1) is 15.1. The first-order chi connectivity index (χ1) is 10.1. The van der Waals surface area contributed by atoms with Crippen LogP contribution in [-0.2, 0) is 11.3 Å². The lowest BCUT2D eigenvalue weighted by molar-refractivity contribution is 0.0470. The minimum atomic E-state index is -0.478. The highest BCUT2D eigenvalue weighted by atomic mass is 79.9. The Morgan fingerprint density at radius 3 is 2.81 bits per heavy atom. The van der Waals surface area contributed by atoms with Crippen LogP contribution < -0.4 is 4.74 Å². The number of nitrogens with zero attached hydrogens (tertiary/aromatic N) is 1. The Kier molecular flexibility index (Phi) is 4.96. The van der Waals surface area contributed by atoms with Gasteiger partial charge in [0.1, 0.15) is 12.4 Å². The fourth-order valence-corrected chi connectivity index (χ4v) is 2.21. The fraction of sp³-hybridized carbons (Fsp3) is 0.125. The van der Waals surface area contributed by atoms with E-state index in [1.54, 1.807) is 31.4 Å². The van der Waals surface area contributed by atoms with E-state index in [2.05, 4.69) is 15.9 Å². The van der Waals surface area contributed by atoms with Crippen LogP contribution in [0.3, 0.4) is 0 Å². The Bertz CT molecular complexity index is 707. The van der Waals surface area contributed by atoms with Crippen molar-refractivity contribution in [3.63, 3.8) is 0 Å². The Morgan fingerprint density at radius 2 is 2.10 bits per heavy atom. The van der Waals surface area contributed by atoms with Crippen molar-refractivity contribution in [3.8, 4) is 11.8 Å². The number of methoxy groups -OCH3 is 1. The zero-order valence-electron chi connectivity index (χ0n) is 11.3. The molecule has 0 saturated heterocycles. The van der Waals surface area contributed by atoms with Gasteiger partial charge in [-0.15, -0.1) is 0 Å². The number of ether oxygens (including phenoxy) is 2. The molecule has 5 heteroatoms. The third-order valence-electron chi connectivity index (χ3n) is 2.83. The number of hydrogen-bond donors (Lipinski definition) is 0. The van der Waals surface area contributed by atoms with Gasteiger partial charge in [0.05, 0.1) is 24.3 Å². The van der Waals surface area contributed by atoms with Crippen LogP contribution in [0.15, 0.2) is 46.9 Å². The summed E-state index contributed by atoms with van der Waals surface area (Å²) in [5.74, 6) is 0.172. The van der Waals surface area contributed by atoms with Gasteiger partial charge >= 0.3 is 5.97 Å². The molecule has 0 aliphatic rings. The molecule has 2 rings (SSSR count). The molecule has 0 aliphatic heterocycles. The van der Waals surface area contributed by atoms with Crippen molar-refractivity contribution in [2.24, 2.45) is 0 Å². The second-order valence-electron chi connectivity index (χ2n) is 4.22. The molecule has 0 fully saturated rings. The second-order valence-corrected chi connectivity index (χ2v) is 5.14. The highest BCUT2D eigenvalue weighted by Gasteiger charge is 2.10. The molecule has 0 spiro atoms. The van der Waals surface area contributed by atoms with Crippen LogP contribution in [0, 0.1) is 11.3 Å². The maximum atomic E-state index is 12.0. The van der Waals surface area contributed by atoms with E-state index < -0.39 is 5.97 Å². The summed E-state index contributed by atoms with van der Waals surface area (Å²) in [5, 5.41) is 8.83. The number of nitriles is 1. The molecule has 21 heavy (non-hydrogen) atoms. The summed E-state index contributed by atoms with van der Waals surface area (Å²) in [6, 6.07) is 13.9. The summed E-state index contributed by atoms with van der Waals surface area (Å²) in [6.45, 7) is 0.0955. The molecule has 0 amide bonds. The molecule has 4 nitrogen and oxygen atoms in total. The summed E-state index contributed by atoms with van der Waals surface area (Å²) in [4.78, 5) is 12.0. The van der Waals surface area contributed by atoms with Gasteiger partial charge in [0.15, 0.2) is 0 Å². The van der Waals surface area contributed by atoms with Crippen LogP contribution >= 0.6 is 15.9 Å². The lowest BCUT2D eigenvalue weighted by atomic mass is 10.1. The standard InChI is InChI=1S/C16H12BrNO3/c1-20-15-6-5-14(17)8-13(15)10-21-16(19)12-4-2-3-11(7-12)9-18/h2-8H,10H2,1H3. The van der Waals surface area contributed by atoms with Crippen molar-refractivity contribution >= 4 is 21.9 Å². The van der Waals surface area contributed by atoms with Crippen LogP contribution in [-0.4, -0.2) is 13.1 Å². The van der Waals surface area contributed by atoms with Crippen molar-refractivity contribution < 1.29 is 14.3 Å². The summed E-state index contributed by atoms with van der Waals surface area (Å²) in [6.07, 6.45) is 0. The van der Waals surface area contributed by atoms with Crippen molar-refractivity contribution in [3.05, 3.63) is 63.6 Å². The largest absolute Gasteiger partial charge is 0.496 e. The predicted octanol–water partition coefficient (Wildman–Crippen LogP) is 3.69. The van der Waals surface area contributed by atoms with Crippen LogP contribution in [0.25, 0.3) is 0 Å². The minimum Gasteiger partial charge on any atom is -0.496 e. The summed E-state index contributed by atoms with van der Waals surface area (Å²) >= 11 is 3.36. The monoisotopic (exact) mass is 345 g/mol. The third-order valence-corrected chi connectivity index (χ3v) is 3.32. The molecule has 0 atom stereocenters. The number of benzene rings is 2. The van der Waals surface area contributed by atoms with Crippen LogP contribution in [0.4, 0.5) is 0 Å². The highest BCUT2D eigenvalue weighted by molar-refractivity contribution is 9.10. The van der Waals surface area contributed by atoms with Gasteiger partial charge in [0, 0.05) is 10.0 Å². The summed E-state index contributed by atoms with van der Waals surface area (Å²) in [7, 11) is 1.56. The molecule has 0 heterocycles. The SMILES string of the molecule is COc1ccc(Br)cc1COC(=O)c1cccc(C#N)c1. The third kappa shape index (κ3) is 3.83. The van der Waals surface area contributed by atoms with Gasteiger partial charge in [-0.3, -0.25) is 0 Å².